The van der Waals surface area contributed by atoms with Gasteiger partial charge in [-0.15, -0.1) is 0 Å². The normalized spacial score (nSPS) is 15.0. The summed E-state index contributed by atoms with van der Waals surface area (Å²) in [7, 11) is 0. The molecule has 1 fully saturated rings. The maximum atomic E-state index is 13.5. The third-order valence-electron chi connectivity index (χ3n) is 7.24. The summed E-state index contributed by atoms with van der Waals surface area (Å²) in [6, 6.07) is 28.4. The lowest BCUT2D eigenvalue weighted by molar-refractivity contribution is -0.122. The van der Waals surface area contributed by atoms with Gasteiger partial charge in [-0.2, -0.15) is 0 Å². The fourth-order valence-electron chi connectivity index (χ4n) is 5.22. The molecule has 0 saturated carbocycles. The molecule has 0 aliphatic carbocycles. The molecule has 0 bridgehead atoms. The predicted molar refractivity (Wildman–Crippen MR) is 148 cm³/mol. The Hall–Kier alpha value is -3.83. The van der Waals surface area contributed by atoms with Crippen molar-refractivity contribution in [1.29, 1.82) is 0 Å². The van der Waals surface area contributed by atoms with Crippen molar-refractivity contribution in [2.24, 2.45) is 0 Å². The highest BCUT2D eigenvalue weighted by atomic mass is 16.1. The number of aromatic nitrogens is 1. The van der Waals surface area contributed by atoms with E-state index in [1.807, 2.05) is 54.6 Å². The van der Waals surface area contributed by atoms with E-state index in [-0.39, 0.29) is 18.4 Å². The molecule has 1 aliphatic rings. The van der Waals surface area contributed by atoms with Crippen molar-refractivity contribution in [1.82, 2.24) is 15.2 Å². The van der Waals surface area contributed by atoms with Gasteiger partial charge in [0.25, 0.3) is 0 Å². The number of Topliss-reactive ketones (excluding diaryl/α,β-unsaturated/α-hetero) is 1. The van der Waals surface area contributed by atoms with E-state index in [0.717, 1.165) is 58.4 Å². The molecule has 5 heteroatoms. The lowest BCUT2D eigenvalue weighted by Gasteiger charge is -2.28. The van der Waals surface area contributed by atoms with Crippen LogP contribution < -0.4 is 5.32 Å². The van der Waals surface area contributed by atoms with Crippen molar-refractivity contribution in [3.05, 3.63) is 102 Å². The van der Waals surface area contributed by atoms with Gasteiger partial charge in [0.1, 0.15) is 5.78 Å². The number of piperidine rings is 1. The number of fused-ring (bicyclic) bond motifs is 1. The van der Waals surface area contributed by atoms with Crippen molar-refractivity contribution in [3.8, 4) is 11.3 Å². The largest absolute Gasteiger partial charge is 0.349 e. The maximum Gasteiger partial charge on any atom is 0.224 e. The Bertz CT molecular complexity index is 1380. The number of amides is 1. The van der Waals surface area contributed by atoms with E-state index in [1.54, 1.807) is 0 Å². The number of hydrogen-bond donors (Lipinski definition) is 1. The first-order chi connectivity index (χ1) is 18.1. The van der Waals surface area contributed by atoms with Gasteiger partial charge in [0, 0.05) is 43.4 Å². The summed E-state index contributed by atoms with van der Waals surface area (Å²) in [6.07, 6.45) is 2.24. The first kappa shape index (κ1) is 24.8. The second-order valence-corrected chi connectivity index (χ2v) is 9.73. The first-order valence-electron chi connectivity index (χ1n) is 13.2. The Labute approximate surface area is 218 Å². The Morgan fingerprint density at radius 3 is 2.24 bits per heavy atom. The molecule has 4 aromatic rings. The van der Waals surface area contributed by atoms with E-state index in [2.05, 4.69) is 47.5 Å². The highest BCUT2D eigenvalue weighted by Crippen LogP contribution is 2.32. The standard InChI is InChI=1S/C32H33N3O2/c1-2-29(23-11-5-3-6-12-23)33-31(37)21-27-26-15-9-10-16-30(26)34-32(24-13-7-4-8-14-24)28(27)22-35-19-17-25(36)18-20-35/h3-16,29H,2,17-22H2,1H3,(H,33,37)/t29-/m0/s1. The molecule has 0 unspecified atom stereocenters. The predicted octanol–water partition coefficient (Wildman–Crippen LogP) is 5.88. The minimum absolute atomic E-state index is 0.00106. The summed E-state index contributed by atoms with van der Waals surface area (Å²) in [6.45, 7) is 4.22. The van der Waals surface area contributed by atoms with Crippen LogP contribution in [-0.2, 0) is 22.6 Å². The van der Waals surface area contributed by atoms with Crippen molar-refractivity contribution in [2.45, 2.75) is 45.2 Å². The number of rotatable bonds is 8. The molecular weight excluding hydrogens is 458 g/mol. The summed E-state index contributed by atoms with van der Waals surface area (Å²) < 4.78 is 0. The molecule has 5 nitrogen and oxygen atoms in total. The summed E-state index contributed by atoms with van der Waals surface area (Å²) >= 11 is 0. The highest BCUT2D eigenvalue weighted by Gasteiger charge is 2.24. The number of ketones is 1. The van der Waals surface area contributed by atoms with E-state index in [1.165, 1.54) is 0 Å². The molecule has 0 spiro atoms. The number of carbonyl (C=O) groups is 2. The Kier molecular flexibility index (Phi) is 7.71. The topological polar surface area (TPSA) is 62.3 Å². The van der Waals surface area contributed by atoms with Crippen LogP contribution in [-0.4, -0.2) is 34.7 Å². The number of likely N-dealkylation sites (tertiary alicyclic amines) is 1. The molecule has 1 atom stereocenters. The maximum absolute atomic E-state index is 13.5. The molecule has 5 rings (SSSR count). The van der Waals surface area contributed by atoms with Gasteiger partial charge in [-0.05, 0) is 29.2 Å². The second-order valence-electron chi connectivity index (χ2n) is 9.73. The first-order valence-corrected chi connectivity index (χ1v) is 13.2. The molecule has 1 aliphatic heterocycles. The van der Waals surface area contributed by atoms with E-state index in [4.69, 9.17) is 4.98 Å². The van der Waals surface area contributed by atoms with E-state index < -0.39 is 0 Å². The number of benzene rings is 3. The Balaban J connectivity index is 1.56. The van der Waals surface area contributed by atoms with Crippen LogP contribution in [0.5, 0.6) is 0 Å². The average molecular weight is 492 g/mol. The van der Waals surface area contributed by atoms with E-state index in [0.29, 0.717) is 25.2 Å². The lowest BCUT2D eigenvalue weighted by atomic mass is 9.93. The smallest absolute Gasteiger partial charge is 0.224 e. The summed E-state index contributed by atoms with van der Waals surface area (Å²) in [5.74, 6) is 0.323. The Morgan fingerprint density at radius 2 is 1.54 bits per heavy atom. The number of para-hydroxylation sites is 1. The fourth-order valence-corrected chi connectivity index (χ4v) is 5.22. The van der Waals surface area contributed by atoms with Gasteiger partial charge < -0.3 is 5.32 Å². The third-order valence-corrected chi connectivity index (χ3v) is 7.24. The average Bonchev–Trinajstić information content (AvgIpc) is 2.95. The zero-order valence-corrected chi connectivity index (χ0v) is 21.3. The van der Waals surface area contributed by atoms with Crippen molar-refractivity contribution < 1.29 is 9.59 Å². The van der Waals surface area contributed by atoms with Gasteiger partial charge in [0.05, 0.1) is 23.7 Å². The number of hydrogen-bond acceptors (Lipinski definition) is 4. The van der Waals surface area contributed by atoms with Gasteiger partial charge >= 0.3 is 0 Å². The van der Waals surface area contributed by atoms with Gasteiger partial charge in [-0.3, -0.25) is 14.5 Å². The zero-order chi connectivity index (χ0) is 25.6. The van der Waals surface area contributed by atoms with Gasteiger partial charge in [-0.25, -0.2) is 4.98 Å². The molecule has 3 aromatic carbocycles. The highest BCUT2D eigenvalue weighted by molar-refractivity contribution is 5.92. The lowest BCUT2D eigenvalue weighted by Crippen LogP contribution is -2.34. The summed E-state index contributed by atoms with van der Waals surface area (Å²) in [4.78, 5) is 32.8. The van der Waals surface area contributed by atoms with Crippen molar-refractivity contribution in [2.75, 3.05) is 13.1 Å². The van der Waals surface area contributed by atoms with E-state index in [9.17, 15) is 9.59 Å². The molecule has 2 heterocycles. The zero-order valence-electron chi connectivity index (χ0n) is 21.3. The van der Waals surface area contributed by atoms with Crippen LogP contribution in [0.15, 0.2) is 84.9 Å². The molecular formula is C32H33N3O2. The summed E-state index contributed by atoms with van der Waals surface area (Å²) in [5.41, 5.74) is 6.03. The third kappa shape index (κ3) is 5.78. The van der Waals surface area contributed by atoms with Crippen molar-refractivity contribution in [3.63, 3.8) is 0 Å². The van der Waals surface area contributed by atoms with Crippen LogP contribution in [0.25, 0.3) is 22.2 Å². The summed E-state index contributed by atoms with van der Waals surface area (Å²) in [5, 5.41) is 4.28. The van der Waals surface area contributed by atoms with Crippen LogP contribution in [0.1, 0.15) is 48.9 Å². The van der Waals surface area contributed by atoms with E-state index >= 15 is 0 Å². The van der Waals surface area contributed by atoms with Crippen LogP contribution in [0, 0.1) is 0 Å². The van der Waals surface area contributed by atoms with Gasteiger partial charge in [-0.1, -0.05) is 85.8 Å². The number of nitrogens with one attached hydrogen (secondary N) is 1. The minimum Gasteiger partial charge on any atom is -0.349 e. The van der Waals surface area contributed by atoms with Crippen LogP contribution in [0.2, 0.25) is 0 Å². The molecule has 37 heavy (non-hydrogen) atoms. The van der Waals surface area contributed by atoms with Crippen LogP contribution in [0.3, 0.4) is 0 Å². The molecule has 1 aromatic heterocycles. The van der Waals surface area contributed by atoms with Crippen LogP contribution in [0.4, 0.5) is 0 Å². The van der Waals surface area contributed by atoms with Crippen molar-refractivity contribution >= 4 is 22.6 Å². The fraction of sp³-hybridized carbons (Fsp3) is 0.281. The van der Waals surface area contributed by atoms with Crippen LogP contribution >= 0.6 is 0 Å². The van der Waals surface area contributed by atoms with Gasteiger partial charge in [0.2, 0.25) is 5.91 Å². The molecule has 1 saturated heterocycles. The molecule has 1 N–H and O–H groups in total. The minimum atomic E-state index is -0.0352. The molecule has 0 radical (unpaired) electrons. The molecule has 188 valence electrons. The number of pyridine rings is 1. The molecule has 1 amide bonds. The second kappa shape index (κ2) is 11.5. The Morgan fingerprint density at radius 1 is 0.892 bits per heavy atom. The monoisotopic (exact) mass is 491 g/mol. The SMILES string of the molecule is CC[C@H](NC(=O)Cc1c(CN2CCC(=O)CC2)c(-c2ccccc2)nc2ccccc12)c1ccccc1. The van der Waals surface area contributed by atoms with Gasteiger partial charge in [0.15, 0.2) is 0 Å². The quantitative estimate of drug-likeness (QED) is 0.335. The number of carbonyl (C=O) groups excluding carboxylic acids is 2. The number of nitrogens with zero attached hydrogens (tertiary/aromatic N) is 2.